The van der Waals surface area contributed by atoms with E-state index in [2.05, 4.69) is 20.6 Å². The lowest BCUT2D eigenvalue weighted by atomic mass is 10.1. The zero-order valence-corrected chi connectivity index (χ0v) is 23.4. The standard InChI is InChI=1S/C29H37N7O4/c1-20-9-8-10-22(17-20)31-29(33-26(38)21-12-13-23(30-18-21)27(39)34(2)3)32-24-11-4-5-16-36(28(24)40)19-25(37)35-14-6-7-15-35/h8-10,12-13,17-18,24H,4-7,11,14-16,19H2,1-3H3,(H2,31,32,33,38). The third-order valence-electron chi connectivity index (χ3n) is 6.99. The number of aryl methyl sites for hydroxylation is 1. The molecule has 2 aromatic rings. The number of aliphatic imine (C=N–C) groups is 1. The van der Waals surface area contributed by atoms with Gasteiger partial charge in [-0.2, -0.15) is 0 Å². The van der Waals surface area contributed by atoms with E-state index in [0.717, 1.165) is 44.3 Å². The summed E-state index contributed by atoms with van der Waals surface area (Å²) in [7, 11) is 3.26. The molecule has 2 N–H and O–H groups in total. The molecule has 11 nitrogen and oxygen atoms in total. The molecule has 2 saturated heterocycles. The van der Waals surface area contributed by atoms with Gasteiger partial charge in [-0.15, -0.1) is 0 Å². The summed E-state index contributed by atoms with van der Waals surface area (Å²) in [4.78, 5) is 65.2. The Hall–Kier alpha value is -4.28. The lowest BCUT2D eigenvalue weighted by molar-refractivity contribution is -0.140. The largest absolute Gasteiger partial charge is 0.343 e. The quantitative estimate of drug-likeness (QED) is 0.422. The van der Waals surface area contributed by atoms with Gasteiger partial charge in [0, 0.05) is 45.6 Å². The highest BCUT2D eigenvalue weighted by molar-refractivity contribution is 6.10. The van der Waals surface area contributed by atoms with Crippen molar-refractivity contribution >= 4 is 35.3 Å². The molecular weight excluding hydrogens is 510 g/mol. The first-order valence-corrected chi connectivity index (χ1v) is 13.7. The van der Waals surface area contributed by atoms with Crippen LogP contribution in [-0.4, -0.2) is 95.6 Å². The summed E-state index contributed by atoms with van der Waals surface area (Å²) in [5, 5.41) is 5.92. The maximum absolute atomic E-state index is 13.5. The van der Waals surface area contributed by atoms with Crippen LogP contribution in [0.4, 0.5) is 5.69 Å². The van der Waals surface area contributed by atoms with Crippen LogP contribution in [0.1, 0.15) is 58.5 Å². The van der Waals surface area contributed by atoms with Gasteiger partial charge >= 0.3 is 0 Å². The number of amides is 4. The first kappa shape index (κ1) is 28.7. The molecule has 2 fully saturated rings. The highest BCUT2D eigenvalue weighted by Gasteiger charge is 2.30. The SMILES string of the molecule is Cc1cccc(NC(=NC2CCCCN(CC(=O)N3CCCC3)C2=O)NC(=O)c2ccc(C(=O)N(C)C)nc2)c1. The van der Waals surface area contributed by atoms with Crippen molar-refractivity contribution in [2.24, 2.45) is 4.99 Å². The summed E-state index contributed by atoms with van der Waals surface area (Å²) in [5.74, 6) is -0.899. The Morgan fingerprint density at radius 2 is 1.80 bits per heavy atom. The molecule has 4 amide bonds. The predicted molar refractivity (Wildman–Crippen MR) is 152 cm³/mol. The summed E-state index contributed by atoms with van der Waals surface area (Å²) < 4.78 is 0. The van der Waals surface area contributed by atoms with Gasteiger partial charge in [0.05, 0.1) is 12.1 Å². The van der Waals surface area contributed by atoms with Crippen molar-refractivity contribution in [2.45, 2.75) is 45.1 Å². The van der Waals surface area contributed by atoms with Gasteiger partial charge in [-0.25, -0.2) is 4.99 Å². The van der Waals surface area contributed by atoms with E-state index in [0.29, 0.717) is 18.7 Å². The zero-order chi connectivity index (χ0) is 28.6. The third-order valence-corrected chi connectivity index (χ3v) is 6.99. The fourth-order valence-corrected chi connectivity index (χ4v) is 4.77. The van der Waals surface area contributed by atoms with E-state index in [4.69, 9.17) is 0 Å². The molecule has 1 aromatic carbocycles. The monoisotopic (exact) mass is 547 g/mol. The Morgan fingerprint density at radius 3 is 2.48 bits per heavy atom. The van der Waals surface area contributed by atoms with Crippen molar-refractivity contribution < 1.29 is 19.2 Å². The van der Waals surface area contributed by atoms with Gasteiger partial charge in [0.2, 0.25) is 17.8 Å². The van der Waals surface area contributed by atoms with Gasteiger partial charge in [-0.1, -0.05) is 12.1 Å². The summed E-state index contributed by atoms with van der Waals surface area (Å²) in [6.07, 6.45) is 5.37. The molecule has 212 valence electrons. The average Bonchev–Trinajstić information content (AvgIpc) is 3.43. The van der Waals surface area contributed by atoms with Crippen LogP contribution in [-0.2, 0) is 9.59 Å². The number of benzene rings is 1. The molecule has 1 aromatic heterocycles. The second kappa shape index (κ2) is 13.2. The van der Waals surface area contributed by atoms with Crippen LogP contribution >= 0.6 is 0 Å². The number of rotatable bonds is 6. The zero-order valence-electron chi connectivity index (χ0n) is 23.4. The number of likely N-dealkylation sites (tertiary alicyclic amines) is 2. The van der Waals surface area contributed by atoms with Crippen molar-refractivity contribution in [1.82, 2.24) is 25.0 Å². The molecule has 11 heteroatoms. The van der Waals surface area contributed by atoms with Crippen LogP contribution in [0.25, 0.3) is 0 Å². The van der Waals surface area contributed by atoms with Crippen molar-refractivity contribution in [3.05, 3.63) is 59.4 Å². The van der Waals surface area contributed by atoms with E-state index in [1.165, 1.54) is 23.2 Å². The number of carbonyl (C=O) groups is 4. The van der Waals surface area contributed by atoms with Gasteiger partial charge in [0.15, 0.2) is 0 Å². The molecule has 0 bridgehead atoms. The van der Waals surface area contributed by atoms with Gasteiger partial charge in [0.1, 0.15) is 11.7 Å². The molecule has 2 aliphatic heterocycles. The molecule has 40 heavy (non-hydrogen) atoms. The van der Waals surface area contributed by atoms with Crippen LogP contribution in [0.15, 0.2) is 47.6 Å². The molecule has 4 rings (SSSR count). The normalized spacial score (nSPS) is 17.8. The van der Waals surface area contributed by atoms with E-state index >= 15 is 0 Å². The van der Waals surface area contributed by atoms with Crippen LogP contribution in [0.3, 0.4) is 0 Å². The summed E-state index contributed by atoms with van der Waals surface area (Å²) in [5.41, 5.74) is 2.17. The summed E-state index contributed by atoms with van der Waals surface area (Å²) in [6, 6.07) is 9.84. The number of guanidine groups is 1. The average molecular weight is 548 g/mol. The Balaban J connectivity index is 1.55. The molecular formula is C29H37N7O4. The summed E-state index contributed by atoms with van der Waals surface area (Å²) >= 11 is 0. The fourth-order valence-electron chi connectivity index (χ4n) is 4.77. The van der Waals surface area contributed by atoms with Crippen molar-refractivity contribution in [3.8, 4) is 0 Å². The number of aromatic nitrogens is 1. The molecule has 1 atom stereocenters. The number of nitrogens with zero attached hydrogens (tertiary/aromatic N) is 5. The van der Waals surface area contributed by atoms with Crippen molar-refractivity contribution in [3.63, 3.8) is 0 Å². The fraction of sp³-hybridized carbons (Fsp3) is 0.448. The molecule has 0 saturated carbocycles. The van der Waals surface area contributed by atoms with E-state index in [1.807, 2.05) is 36.1 Å². The highest BCUT2D eigenvalue weighted by atomic mass is 16.2. The maximum Gasteiger partial charge on any atom is 0.271 e. The molecule has 3 heterocycles. The minimum atomic E-state index is -0.750. The van der Waals surface area contributed by atoms with Crippen molar-refractivity contribution in [1.29, 1.82) is 0 Å². The first-order chi connectivity index (χ1) is 19.2. The van der Waals surface area contributed by atoms with E-state index in [9.17, 15) is 19.2 Å². The van der Waals surface area contributed by atoms with Gasteiger partial charge in [-0.05, 0) is 68.9 Å². The van der Waals surface area contributed by atoms with Crippen LogP contribution < -0.4 is 10.6 Å². The van der Waals surface area contributed by atoms with E-state index in [-0.39, 0.29) is 41.5 Å². The third kappa shape index (κ3) is 7.43. The number of carbonyl (C=O) groups excluding carboxylic acids is 4. The molecule has 0 radical (unpaired) electrons. The number of hydrogen-bond donors (Lipinski definition) is 2. The highest BCUT2D eigenvalue weighted by Crippen LogP contribution is 2.18. The Bertz CT molecular complexity index is 1270. The minimum Gasteiger partial charge on any atom is -0.343 e. The molecule has 1 unspecified atom stereocenters. The topological polar surface area (TPSA) is 127 Å². The number of pyridine rings is 1. The lowest BCUT2D eigenvalue weighted by Gasteiger charge is -2.25. The molecule has 0 spiro atoms. The minimum absolute atomic E-state index is 0.0365. The number of nitrogens with one attached hydrogen (secondary N) is 2. The second-order valence-electron chi connectivity index (χ2n) is 10.4. The number of anilines is 1. The van der Waals surface area contributed by atoms with Gasteiger partial charge < -0.3 is 20.0 Å². The van der Waals surface area contributed by atoms with Gasteiger partial charge in [-0.3, -0.25) is 29.5 Å². The second-order valence-corrected chi connectivity index (χ2v) is 10.4. The summed E-state index contributed by atoms with van der Waals surface area (Å²) in [6.45, 7) is 3.96. The Labute approximate surface area is 234 Å². The Morgan fingerprint density at radius 1 is 1.05 bits per heavy atom. The van der Waals surface area contributed by atoms with Crippen molar-refractivity contribution in [2.75, 3.05) is 45.6 Å². The molecule has 2 aliphatic rings. The smallest absolute Gasteiger partial charge is 0.271 e. The van der Waals surface area contributed by atoms with E-state index < -0.39 is 11.9 Å². The predicted octanol–water partition coefficient (Wildman–Crippen LogP) is 2.29. The maximum atomic E-state index is 13.5. The first-order valence-electron chi connectivity index (χ1n) is 13.7. The van der Waals surface area contributed by atoms with Gasteiger partial charge in [0.25, 0.3) is 11.8 Å². The van der Waals surface area contributed by atoms with Crippen LogP contribution in [0, 0.1) is 6.92 Å². The molecule has 0 aliphatic carbocycles. The Kier molecular flexibility index (Phi) is 9.47. The van der Waals surface area contributed by atoms with Crippen LogP contribution in [0.5, 0.6) is 0 Å². The number of hydrogen-bond acceptors (Lipinski definition) is 6. The van der Waals surface area contributed by atoms with Crippen LogP contribution in [0.2, 0.25) is 0 Å². The van der Waals surface area contributed by atoms with E-state index in [1.54, 1.807) is 19.0 Å². The lowest BCUT2D eigenvalue weighted by Crippen LogP contribution is -2.45.